The van der Waals surface area contributed by atoms with Gasteiger partial charge in [-0.25, -0.2) is 9.97 Å². The van der Waals surface area contributed by atoms with Crippen molar-refractivity contribution >= 4 is 11.3 Å². The molecule has 0 unspecified atom stereocenters. The van der Waals surface area contributed by atoms with Gasteiger partial charge in [0, 0.05) is 25.8 Å². The Hall–Kier alpha value is -1.47. The van der Waals surface area contributed by atoms with Gasteiger partial charge >= 0.3 is 6.18 Å². The standard InChI is InChI=1S/C13H12F3N3S/c14-13(15,16)12-17-5-10-1-3-19(7-11(10)18-12)6-9-2-4-20-8-9/h2,4-5,8H,1,3,6-7H2. The maximum absolute atomic E-state index is 12.6. The lowest BCUT2D eigenvalue weighted by Crippen LogP contribution is -2.31. The van der Waals surface area contributed by atoms with Crippen molar-refractivity contribution in [1.29, 1.82) is 0 Å². The molecule has 2 aromatic heterocycles. The number of aromatic nitrogens is 2. The van der Waals surface area contributed by atoms with Crippen LogP contribution in [-0.2, 0) is 25.7 Å². The van der Waals surface area contributed by atoms with E-state index in [-0.39, 0.29) is 0 Å². The summed E-state index contributed by atoms with van der Waals surface area (Å²) in [5, 5.41) is 4.05. The zero-order chi connectivity index (χ0) is 14.2. The predicted molar refractivity (Wildman–Crippen MR) is 69.2 cm³/mol. The van der Waals surface area contributed by atoms with Gasteiger partial charge in [-0.15, -0.1) is 0 Å². The quantitative estimate of drug-likeness (QED) is 0.853. The highest BCUT2D eigenvalue weighted by atomic mass is 32.1. The molecule has 0 amide bonds. The molecule has 3 rings (SSSR count). The third-order valence-corrected chi connectivity index (χ3v) is 4.00. The molecule has 0 N–H and O–H groups in total. The van der Waals surface area contributed by atoms with Crippen LogP contribution < -0.4 is 0 Å². The number of rotatable bonds is 2. The molecule has 0 spiro atoms. The lowest BCUT2D eigenvalue weighted by Gasteiger charge is -2.27. The molecule has 1 aliphatic rings. The van der Waals surface area contributed by atoms with Gasteiger partial charge in [0.05, 0.1) is 5.69 Å². The van der Waals surface area contributed by atoms with Crippen LogP contribution in [0.2, 0.25) is 0 Å². The van der Waals surface area contributed by atoms with Crippen LogP contribution in [0.25, 0.3) is 0 Å². The third-order valence-electron chi connectivity index (χ3n) is 3.26. The molecular weight excluding hydrogens is 287 g/mol. The van der Waals surface area contributed by atoms with E-state index < -0.39 is 12.0 Å². The fraction of sp³-hybridized carbons (Fsp3) is 0.385. The fourth-order valence-corrected chi connectivity index (χ4v) is 2.93. The Morgan fingerprint density at radius 1 is 1.35 bits per heavy atom. The van der Waals surface area contributed by atoms with E-state index in [2.05, 4.69) is 20.2 Å². The highest BCUT2D eigenvalue weighted by Crippen LogP contribution is 2.28. The first-order valence-corrected chi connectivity index (χ1v) is 7.12. The molecule has 3 nitrogen and oxygen atoms in total. The summed E-state index contributed by atoms with van der Waals surface area (Å²) in [5.74, 6) is -1.05. The van der Waals surface area contributed by atoms with E-state index in [0.717, 1.165) is 18.7 Å². The van der Waals surface area contributed by atoms with E-state index in [0.29, 0.717) is 18.7 Å². The molecule has 20 heavy (non-hydrogen) atoms. The Labute approximate surface area is 118 Å². The summed E-state index contributed by atoms with van der Waals surface area (Å²) in [7, 11) is 0. The molecule has 0 atom stereocenters. The second-order valence-corrected chi connectivity index (χ2v) is 5.54. The van der Waals surface area contributed by atoms with Gasteiger partial charge in [0.2, 0.25) is 5.82 Å². The summed E-state index contributed by atoms with van der Waals surface area (Å²) in [6.07, 6.45) is -2.48. The number of fused-ring (bicyclic) bond motifs is 1. The Morgan fingerprint density at radius 2 is 2.20 bits per heavy atom. The van der Waals surface area contributed by atoms with E-state index >= 15 is 0 Å². The van der Waals surface area contributed by atoms with Crippen molar-refractivity contribution < 1.29 is 13.2 Å². The molecule has 0 saturated heterocycles. The SMILES string of the molecule is FC(F)(F)c1ncc2c(n1)CN(Cc1ccsc1)CC2. The number of hydrogen-bond acceptors (Lipinski definition) is 4. The van der Waals surface area contributed by atoms with Gasteiger partial charge in [-0.3, -0.25) is 4.90 Å². The van der Waals surface area contributed by atoms with Crippen LogP contribution in [0, 0.1) is 0 Å². The summed E-state index contributed by atoms with van der Waals surface area (Å²) in [4.78, 5) is 9.21. The minimum absolute atomic E-state index is 0.441. The lowest BCUT2D eigenvalue weighted by atomic mass is 10.1. The van der Waals surface area contributed by atoms with Crippen LogP contribution >= 0.6 is 11.3 Å². The average Bonchev–Trinajstić information content (AvgIpc) is 2.90. The van der Waals surface area contributed by atoms with Crippen molar-refractivity contribution in [2.45, 2.75) is 25.7 Å². The van der Waals surface area contributed by atoms with Gasteiger partial charge in [0.15, 0.2) is 0 Å². The molecule has 0 fully saturated rings. The number of nitrogens with zero attached hydrogens (tertiary/aromatic N) is 3. The van der Waals surface area contributed by atoms with Gasteiger partial charge in [0.1, 0.15) is 0 Å². The molecule has 0 saturated carbocycles. The van der Waals surface area contributed by atoms with Gasteiger partial charge in [-0.2, -0.15) is 24.5 Å². The van der Waals surface area contributed by atoms with Crippen molar-refractivity contribution in [3.05, 3.63) is 45.7 Å². The Morgan fingerprint density at radius 3 is 2.90 bits per heavy atom. The van der Waals surface area contributed by atoms with E-state index in [1.54, 1.807) is 11.3 Å². The van der Waals surface area contributed by atoms with Crippen molar-refractivity contribution in [2.75, 3.05) is 6.54 Å². The topological polar surface area (TPSA) is 29.0 Å². The molecule has 106 valence electrons. The Kier molecular flexibility index (Phi) is 3.47. The van der Waals surface area contributed by atoms with E-state index in [1.165, 1.54) is 11.8 Å². The first-order chi connectivity index (χ1) is 9.52. The zero-order valence-electron chi connectivity index (χ0n) is 10.5. The summed E-state index contributed by atoms with van der Waals surface area (Å²) >= 11 is 1.62. The highest BCUT2D eigenvalue weighted by Gasteiger charge is 2.35. The molecule has 0 bridgehead atoms. The molecule has 1 aliphatic heterocycles. The molecule has 0 aromatic carbocycles. The Balaban J connectivity index is 1.79. The molecule has 2 aromatic rings. The number of thiophene rings is 1. The second-order valence-electron chi connectivity index (χ2n) is 4.76. The summed E-state index contributed by atoms with van der Waals surface area (Å²) < 4.78 is 37.9. The molecule has 0 radical (unpaired) electrons. The number of alkyl halides is 3. The number of halogens is 3. The minimum atomic E-state index is -4.48. The van der Waals surface area contributed by atoms with E-state index in [1.807, 2.05) is 11.4 Å². The number of hydrogen-bond donors (Lipinski definition) is 0. The van der Waals surface area contributed by atoms with Crippen LogP contribution in [0.5, 0.6) is 0 Å². The second kappa shape index (κ2) is 5.14. The zero-order valence-corrected chi connectivity index (χ0v) is 11.3. The first kappa shape index (κ1) is 13.5. The van der Waals surface area contributed by atoms with E-state index in [9.17, 15) is 13.2 Å². The highest BCUT2D eigenvalue weighted by molar-refractivity contribution is 7.07. The van der Waals surface area contributed by atoms with Crippen molar-refractivity contribution in [3.63, 3.8) is 0 Å². The summed E-state index contributed by atoms with van der Waals surface area (Å²) in [5.41, 5.74) is 2.50. The molecular formula is C13H12F3N3S. The fourth-order valence-electron chi connectivity index (χ4n) is 2.27. The van der Waals surface area contributed by atoms with Crippen molar-refractivity contribution in [1.82, 2.24) is 14.9 Å². The third kappa shape index (κ3) is 2.83. The molecule has 0 aliphatic carbocycles. The first-order valence-electron chi connectivity index (χ1n) is 6.18. The van der Waals surface area contributed by atoms with Crippen molar-refractivity contribution in [3.8, 4) is 0 Å². The Bertz CT molecular complexity index is 595. The maximum atomic E-state index is 12.6. The van der Waals surface area contributed by atoms with E-state index in [4.69, 9.17) is 0 Å². The van der Waals surface area contributed by atoms with Gasteiger partial charge < -0.3 is 0 Å². The van der Waals surface area contributed by atoms with Gasteiger partial charge in [-0.05, 0) is 34.4 Å². The average molecular weight is 299 g/mol. The van der Waals surface area contributed by atoms with Crippen LogP contribution in [0.3, 0.4) is 0 Å². The van der Waals surface area contributed by atoms with Crippen LogP contribution in [0.1, 0.15) is 22.6 Å². The van der Waals surface area contributed by atoms with Gasteiger partial charge in [-0.1, -0.05) is 0 Å². The van der Waals surface area contributed by atoms with Crippen LogP contribution in [0.15, 0.2) is 23.0 Å². The lowest BCUT2D eigenvalue weighted by molar-refractivity contribution is -0.145. The van der Waals surface area contributed by atoms with Crippen LogP contribution in [-0.4, -0.2) is 21.4 Å². The predicted octanol–water partition coefficient (Wildman–Crippen LogP) is 3.12. The summed E-state index contributed by atoms with van der Waals surface area (Å²) in [6.45, 7) is 2.00. The van der Waals surface area contributed by atoms with Crippen LogP contribution in [0.4, 0.5) is 13.2 Å². The normalized spacial score (nSPS) is 16.1. The monoisotopic (exact) mass is 299 g/mol. The van der Waals surface area contributed by atoms with Gasteiger partial charge in [0.25, 0.3) is 0 Å². The van der Waals surface area contributed by atoms with Crippen molar-refractivity contribution in [2.24, 2.45) is 0 Å². The smallest absolute Gasteiger partial charge is 0.293 e. The molecule has 7 heteroatoms. The minimum Gasteiger partial charge on any atom is -0.293 e. The largest absolute Gasteiger partial charge is 0.451 e. The summed E-state index contributed by atoms with van der Waals surface area (Å²) in [6, 6.07) is 2.03. The molecule has 3 heterocycles. The maximum Gasteiger partial charge on any atom is 0.451 e.